The Bertz CT molecular complexity index is 711. The first-order valence-electron chi connectivity index (χ1n) is 5.95. The molecule has 0 radical (unpaired) electrons. The van der Waals surface area contributed by atoms with Crippen LogP contribution in [0.25, 0.3) is 11.1 Å². The Morgan fingerprint density at radius 1 is 1.32 bits per heavy atom. The highest BCUT2D eigenvalue weighted by Gasteiger charge is 2.12. The minimum absolute atomic E-state index is 0.0213. The molecule has 0 amide bonds. The smallest absolute Gasteiger partial charge is 0.269 e. The van der Waals surface area contributed by atoms with Gasteiger partial charge in [-0.15, -0.1) is 0 Å². The predicted molar refractivity (Wildman–Crippen MR) is 76.2 cm³/mol. The molecule has 0 aliphatic rings. The fourth-order valence-electron chi connectivity index (χ4n) is 1.96. The highest BCUT2D eigenvalue weighted by Crippen LogP contribution is 2.24. The zero-order valence-electron chi connectivity index (χ0n) is 10.7. The summed E-state index contributed by atoms with van der Waals surface area (Å²) in [6.07, 6.45) is 1.71. The van der Waals surface area contributed by atoms with Crippen molar-refractivity contribution in [2.75, 3.05) is 0 Å². The quantitative estimate of drug-likeness (QED) is 0.838. The Morgan fingerprint density at radius 2 is 2.05 bits per heavy atom. The third-order valence-corrected chi connectivity index (χ3v) is 3.16. The molecule has 0 fully saturated rings. The van der Waals surface area contributed by atoms with Crippen LogP contribution in [0.2, 0.25) is 5.02 Å². The van der Waals surface area contributed by atoms with E-state index in [-0.39, 0.29) is 17.2 Å². The van der Waals surface area contributed by atoms with Gasteiger partial charge in [-0.05, 0) is 37.6 Å². The lowest BCUT2D eigenvalue weighted by Crippen LogP contribution is -2.24. The minimum Gasteiger partial charge on any atom is -0.312 e. The van der Waals surface area contributed by atoms with E-state index < -0.39 is 0 Å². The van der Waals surface area contributed by atoms with Crippen molar-refractivity contribution in [2.24, 2.45) is 0 Å². The molecular weight excluding hydrogens is 260 g/mol. The third-order valence-electron chi connectivity index (χ3n) is 2.92. The van der Waals surface area contributed by atoms with Crippen LogP contribution in [0.1, 0.15) is 25.5 Å². The molecule has 3 nitrogen and oxygen atoms in total. The molecule has 0 aliphatic heterocycles. The van der Waals surface area contributed by atoms with Crippen LogP contribution in [-0.2, 0) is 0 Å². The second-order valence-electron chi connectivity index (χ2n) is 4.53. The number of benzene rings is 1. The van der Waals surface area contributed by atoms with E-state index >= 15 is 0 Å². The molecule has 0 saturated carbocycles. The number of hydrogen-bond acceptors (Lipinski definition) is 2. The molecule has 2 rings (SSSR count). The first-order chi connectivity index (χ1) is 9.04. The van der Waals surface area contributed by atoms with Gasteiger partial charge < -0.3 is 4.57 Å². The summed E-state index contributed by atoms with van der Waals surface area (Å²) in [5.74, 6) is 0. The lowest BCUT2D eigenvalue weighted by molar-refractivity contribution is 0.577. The largest absolute Gasteiger partial charge is 0.312 e. The molecule has 1 aromatic carbocycles. The van der Waals surface area contributed by atoms with Crippen LogP contribution in [0, 0.1) is 11.3 Å². The molecule has 0 bridgehead atoms. The molecule has 0 N–H and O–H groups in total. The lowest BCUT2D eigenvalue weighted by Gasteiger charge is -2.12. The van der Waals surface area contributed by atoms with Crippen LogP contribution in [0.3, 0.4) is 0 Å². The number of halogens is 1. The van der Waals surface area contributed by atoms with Crippen molar-refractivity contribution in [3.8, 4) is 17.2 Å². The summed E-state index contributed by atoms with van der Waals surface area (Å²) in [5.41, 5.74) is 1.28. The van der Waals surface area contributed by atoms with E-state index in [0.717, 1.165) is 5.56 Å². The Hall–Kier alpha value is -2.05. The summed E-state index contributed by atoms with van der Waals surface area (Å²) in [6.45, 7) is 3.81. The zero-order chi connectivity index (χ0) is 14.0. The van der Waals surface area contributed by atoms with E-state index in [0.29, 0.717) is 10.6 Å². The monoisotopic (exact) mass is 272 g/mol. The summed E-state index contributed by atoms with van der Waals surface area (Å²) in [7, 11) is 0. The van der Waals surface area contributed by atoms with Gasteiger partial charge in [-0.3, -0.25) is 4.79 Å². The fraction of sp³-hybridized carbons (Fsp3) is 0.200. The van der Waals surface area contributed by atoms with Crippen LogP contribution >= 0.6 is 11.6 Å². The molecule has 0 saturated heterocycles. The summed E-state index contributed by atoms with van der Waals surface area (Å²) >= 11 is 5.95. The van der Waals surface area contributed by atoms with E-state index in [9.17, 15) is 10.1 Å². The summed E-state index contributed by atoms with van der Waals surface area (Å²) in [5, 5.41) is 9.82. The van der Waals surface area contributed by atoms with E-state index in [1.807, 2.05) is 26.0 Å². The van der Waals surface area contributed by atoms with Crippen molar-refractivity contribution >= 4 is 11.6 Å². The highest BCUT2D eigenvalue weighted by molar-refractivity contribution is 6.30. The van der Waals surface area contributed by atoms with Crippen molar-refractivity contribution in [1.29, 1.82) is 5.26 Å². The fourth-order valence-corrected chi connectivity index (χ4v) is 2.15. The SMILES string of the molecule is CC(C)n1ccc(-c2cccc(Cl)c2)c(C#N)c1=O. The molecule has 2 aromatic rings. The Labute approximate surface area is 116 Å². The van der Waals surface area contributed by atoms with Crippen molar-refractivity contribution in [3.63, 3.8) is 0 Å². The number of pyridine rings is 1. The van der Waals surface area contributed by atoms with E-state index in [1.54, 1.807) is 35.0 Å². The number of nitrogens with zero attached hydrogens (tertiary/aromatic N) is 2. The Morgan fingerprint density at radius 3 is 2.63 bits per heavy atom. The van der Waals surface area contributed by atoms with Gasteiger partial charge in [-0.2, -0.15) is 5.26 Å². The van der Waals surface area contributed by atoms with Crippen LogP contribution in [0.5, 0.6) is 0 Å². The lowest BCUT2D eigenvalue weighted by atomic mass is 10.0. The van der Waals surface area contributed by atoms with E-state index in [1.165, 1.54) is 0 Å². The van der Waals surface area contributed by atoms with Crippen LogP contribution < -0.4 is 5.56 Å². The topological polar surface area (TPSA) is 45.8 Å². The number of hydrogen-bond donors (Lipinski definition) is 0. The molecule has 4 heteroatoms. The number of nitriles is 1. The summed E-state index contributed by atoms with van der Waals surface area (Å²) < 4.78 is 1.55. The average Bonchev–Trinajstić information content (AvgIpc) is 2.37. The van der Waals surface area contributed by atoms with E-state index in [2.05, 4.69) is 0 Å². The van der Waals surface area contributed by atoms with Crippen molar-refractivity contribution < 1.29 is 0 Å². The van der Waals surface area contributed by atoms with Gasteiger partial charge in [0.05, 0.1) is 0 Å². The third kappa shape index (κ3) is 2.54. The minimum atomic E-state index is -0.269. The summed E-state index contributed by atoms with van der Waals surface area (Å²) in [6, 6.07) is 10.9. The molecule has 0 aliphatic carbocycles. The molecule has 1 aromatic heterocycles. The van der Waals surface area contributed by atoms with Crippen molar-refractivity contribution in [3.05, 3.63) is 57.5 Å². The van der Waals surface area contributed by atoms with Crippen molar-refractivity contribution in [1.82, 2.24) is 4.57 Å². The van der Waals surface area contributed by atoms with Gasteiger partial charge in [0.25, 0.3) is 5.56 Å². The van der Waals surface area contributed by atoms with E-state index in [4.69, 9.17) is 11.6 Å². The van der Waals surface area contributed by atoms with Gasteiger partial charge in [-0.1, -0.05) is 23.7 Å². The Kier molecular flexibility index (Phi) is 3.73. The first kappa shape index (κ1) is 13.4. The first-order valence-corrected chi connectivity index (χ1v) is 6.33. The molecule has 0 atom stereocenters. The van der Waals surface area contributed by atoms with Gasteiger partial charge in [0, 0.05) is 22.8 Å². The van der Waals surface area contributed by atoms with Gasteiger partial charge in [0.1, 0.15) is 11.6 Å². The standard InChI is InChI=1S/C15H13ClN2O/c1-10(2)18-7-6-13(14(9-17)15(18)19)11-4-3-5-12(16)8-11/h3-8,10H,1-2H3. The van der Waals surface area contributed by atoms with Crippen molar-refractivity contribution in [2.45, 2.75) is 19.9 Å². The second kappa shape index (κ2) is 5.29. The number of aromatic nitrogens is 1. The average molecular weight is 273 g/mol. The molecule has 1 heterocycles. The second-order valence-corrected chi connectivity index (χ2v) is 4.97. The van der Waals surface area contributed by atoms with Gasteiger partial charge in [0.2, 0.25) is 0 Å². The van der Waals surface area contributed by atoms with Crippen LogP contribution in [0.15, 0.2) is 41.3 Å². The molecule has 0 spiro atoms. The zero-order valence-corrected chi connectivity index (χ0v) is 11.5. The van der Waals surface area contributed by atoms with Gasteiger partial charge >= 0.3 is 0 Å². The maximum absolute atomic E-state index is 12.2. The number of rotatable bonds is 2. The highest BCUT2D eigenvalue weighted by atomic mass is 35.5. The molecule has 19 heavy (non-hydrogen) atoms. The van der Waals surface area contributed by atoms with Crippen LogP contribution in [-0.4, -0.2) is 4.57 Å². The van der Waals surface area contributed by atoms with Crippen LogP contribution in [0.4, 0.5) is 0 Å². The van der Waals surface area contributed by atoms with Gasteiger partial charge in [0.15, 0.2) is 0 Å². The Balaban J connectivity index is 2.70. The van der Waals surface area contributed by atoms with Gasteiger partial charge in [-0.25, -0.2) is 0 Å². The predicted octanol–water partition coefficient (Wildman–Crippen LogP) is 3.62. The normalized spacial score (nSPS) is 10.5. The maximum atomic E-state index is 12.2. The molecule has 96 valence electrons. The molecular formula is C15H13ClN2O. The summed E-state index contributed by atoms with van der Waals surface area (Å²) in [4.78, 5) is 12.2. The molecule has 0 unspecified atom stereocenters. The maximum Gasteiger partial charge on any atom is 0.269 e.